The summed E-state index contributed by atoms with van der Waals surface area (Å²) in [6, 6.07) is 0. The highest BCUT2D eigenvalue weighted by Crippen LogP contribution is 2.45. The minimum atomic E-state index is -0.975. The molecule has 0 radical (unpaired) electrons. The Bertz CT molecular complexity index is 870. The molecule has 2 N–H and O–H groups in total. The number of imide groups is 1. The molecule has 3 saturated carbocycles. The lowest BCUT2D eigenvalue weighted by Crippen LogP contribution is -2.42. The Morgan fingerprint density at radius 2 is 1.50 bits per heavy atom. The number of carbonyl (C=O) groups is 6. The summed E-state index contributed by atoms with van der Waals surface area (Å²) >= 11 is 0. The molecule has 0 bridgehead atoms. The third-order valence-electron chi connectivity index (χ3n) is 7.88. The van der Waals surface area contributed by atoms with Crippen molar-refractivity contribution in [1.29, 1.82) is 0 Å². The van der Waals surface area contributed by atoms with E-state index in [-0.39, 0.29) is 66.7 Å². The van der Waals surface area contributed by atoms with Gasteiger partial charge in [-0.1, -0.05) is 6.92 Å². The van der Waals surface area contributed by atoms with Crippen molar-refractivity contribution in [3.63, 3.8) is 0 Å². The van der Waals surface area contributed by atoms with Crippen molar-refractivity contribution >= 4 is 35.2 Å². The second-order valence-electron chi connectivity index (χ2n) is 9.95. The number of nitrogens with one attached hydrogen (secondary N) is 2. The molecule has 9 nitrogen and oxygen atoms in total. The number of likely N-dealkylation sites (tertiary alicyclic amines) is 1. The number of carbonyl (C=O) groups excluding carboxylic acids is 6. The molecule has 4 amide bonds. The van der Waals surface area contributed by atoms with Gasteiger partial charge < -0.3 is 10.6 Å². The highest BCUT2D eigenvalue weighted by molar-refractivity contribution is 6.13. The topological polar surface area (TPSA) is 130 Å². The Kier molecular flexibility index (Phi) is 6.18. The Morgan fingerprint density at radius 3 is 2.22 bits per heavy atom. The van der Waals surface area contributed by atoms with E-state index >= 15 is 0 Å². The van der Waals surface area contributed by atoms with Crippen LogP contribution in [0.1, 0.15) is 52.4 Å². The molecular weight excluding hydrogens is 414 g/mol. The summed E-state index contributed by atoms with van der Waals surface area (Å²) in [7, 11) is 0. The Balaban J connectivity index is 1.40. The lowest BCUT2D eigenvalue weighted by molar-refractivity contribution is -0.142. The SMILES string of the molecule is CC(=O)NCNC(=O)C1CCC2C(=O)C(CN3C(=O)C4CCC(C)CC4C3=O)C(=O)C2C1. The van der Waals surface area contributed by atoms with Gasteiger partial charge in [-0.15, -0.1) is 0 Å². The van der Waals surface area contributed by atoms with E-state index in [0.717, 1.165) is 6.42 Å². The van der Waals surface area contributed by atoms with E-state index in [1.807, 2.05) is 0 Å². The number of amides is 4. The minimum absolute atomic E-state index is 0.0222. The van der Waals surface area contributed by atoms with Gasteiger partial charge >= 0.3 is 0 Å². The van der Waals surface area contributed by atoms with E-state index in [4.69, 9.17) is 0 Å². The number of hydrogen-bond donors (Lipinski definition) is 2. The third-order valence-corrected chi connectivity index (χ3v) is 7.88. The monoisotopic (exact) mass is 445 g/mol. The zero-order valence-corrected chi connectivity index (χ0v) is 18.6. The van der Waals surface area contributed by atoms with E-state index in [1.165, 1.54) is 11.8 Å². The summed E-state index contributed by atoms with van der Waals surface area (Å²) in [5, 5.41) is 5.13. The first kappa shape index (κ1) is 22.6. The predicted octanol–water partition coefficient (Wildman–Crippen LogP) is 0.418. The summed E-state index contributed by atoms with van der Waals surface area (Å²) in [6.45, 7) is 3.30. The summed E-state index contributed by atoms with van der Waals surface area (Å²) in [4.78, 5) is 76.5. The van der Waals surface area contributed by atoms with Crippen LogP contribution in [0.5, 0.6) is 0 Å². The van der Waals surface area contributed by atoms with Crippen molar-refractivity contribution in [1.82, 2.24) is 15.5 Å². The van der Waals surface area contributed by atoms with Crippen LogP contribution < -0.4 is 10.6 Å². The zero-order chi connectivity index (χ0) is 23.2. The van der Waals surface area contributed by atoms with Gasteiger partial charge in [0.15, 0.2) is 0 Å². The Morgan fingerprint density at radius 1 is 0.844 bits per heavy atom. The van der Waals surface area contributed by atoms with Crippen molar-refractivity contribution in [3.05, 3.63) is 0 Å². The second kappa shape index (κ2) is 8.75. The molecule has 0 aromatic heterocycles. The summed E-state index contributed by atoms with van der Waals surface area (Å²) in [5.41, 5.74) is 0. The molecule has 4 rings (SSSR count). The van der Waals surface area contributed by atoms with Gasteiger partial charge in [0.05, 0.1) is 24.4 Å². The Hall–Kier alpha value is -2.58. The largest absolute Gasteiger partial charge is 0.339 e. The smallest absolute Gasteiger partial charge is 0.233 e. The van der Waals surface area contributed by atoms with E-state index < -0.39 is 23.7 Å². The average molecular weight is 446 g/mol. The van der Waals surface area contributed by atoms with Crippen molar-refractivity contribution < 1.29 is 28.8 Å². The maximum Gasteiger partial charge on any atom is 0.233 e. The quantitative estimate of drug-likeness (QED) is 0.358. The van der Waals surface area contributed by atoms with Crippen LogP contribution >= 0.6 is 0 Å². The van der Waals surface area contributed by atoms with Gasteiger partial charge in [-0.2, -0.15) is 0 Å². The van der Waals surface area contributed by atoms with Gasteiger partial charge in [0.25, 0.3) is 0 Å². The molecule has 9 heteroatoms. The van der Waals surface area contributed by atoms with Crippen molar-refractivity contribution in [3.8, 4) is 0 Å². The molecule has 32 heavy (non-hydrogen) atoms. The fraction of sp³-hybridized carbons (Fsp3) is 0.739. The molecule has 1 heterocycles. The molecule has 4 aliphatic rings. The maximum absolute atomic E-state index is 13.1. The standard InChI is InChI=1S/C23H31N3O6/c1-11-3-5-15-17(7-11)23(32)26(22(15)31)9-18-19(28)14-6-4-13(8-16(14)20(18)29)21(30)25-10-24-12(2)27/h11,13-18H,3-10H2,1-2H3,(H,24,27)(H,25,30). The summed E-state index contributed by atoms with van der Waals surface area (Å²) in [5.74, 6) is -4.04. The van der Waals surface area contributed by atoms with Crippen LogP contribution in [0.2, 0.25) is 0 Å². The molecule has 7 atom stereocenters. The van der Waals surface area contributed by atoms with E-state index in [9.17, 15) is 28.8 Å². The number of ketones is 2. The first-order valence-electron chi connectivity index (χ1n) is 11.6. The molecule has 7 unspecified atom stereocenters. The van der Waals surface area contributed by atoms with Crippen LogP contribution in [0.25, 0.3) is 0 Å². The van der Waals surface area contributed by atoms with Crippen LogP contribution in [0.4, 0.5) is 0 Å². The maximum atomic E-state index is 13.1. The normalized spacial score (nSPS) is 36.7. The van der Waals surface area contributed by atoms with Gasteiger partial charge in [-0.05, 0) is 44.4 Å². The highest BCUT2D eigenvalue weighted by atomic mass is 16.2. The van der Waals surface area contributed by atoms with Gasteiger partial charge in [0, 0.05) is 31.2 Å². The van der Waals surface area contributed by atoms with Crippen LogP contribution in [-0.2, 0) is 28.8 Å². The molecule has 1 saturated heterocycles. The van der Waals surface area contributed by atoms with Crippen molar-refractivity contribution in [2.24, 2.45) is 41.4 Å². The van der Waals surface area contributed by atoms with Gasteiger partial charge in [-0.3, -0.25) is 33.7 Å². The molecule has 1 aliphatic heterocycles. The van der Waals surface area contributed by atoms with E-state index in [2.05, 4.69) is 17.6 Å². The van der Waals surface area contributed by atoms with Gasteiger partial charge in [0.1, 0.15) is 11.6 Å². The van der Waals surface area contributed by atoms with E-state index in [0.29, 0.717) is 31.6 Å². The number of nitrogens with zero attached hydrogens (tertiary/aromatic N) is 1. The molecule has 0 spiro atoms. The Labute approximate surface area is 187 Å². The first-order chi connectivity index (χ1) is 15.2. The van der Waals surface area contributed by atoms with Crippen molar-refractivity contribution in [2.45, 2.75) is 52.4 Å². The molecular formula is C23H31N3O6. The van der Waals surface area contributed by atoms with Crippen molar-refractivity contribution in [2.75, 3.05) is 13.2 Å². The first-order valence-corrected chi connectivity index (χ1v) is 11.6. The molecule has 174 valence electrons. The predicted molar refractivity (Wildman–Crippen MR) is 111 cm³/mol. The average Bonchev–Trinajstić information content (AvgIpc) is 3.13. The van der Waals surface area contributed by atoms with E-state index in [1.54, 1.807) is 0 Å². The van der Waals surface area contributed by atoms with Crippen LogP contribution in [0, 0.1) is 41.4 Å². The fourth-order valence-electron chi connectivity index (χ4n) is 6.12. The summed E-state index contributed by atoms with van der Waals surface area (Å²) < 4.78 is 0. The molecule has 0 aromatic rings. The number of hydrogen-bond acceptors (Lipinski definition) is 6. The van der Waals surface area contributed by atoms with Crippen LogP contribution in [0.15, 0.2) is 0 Å². The van der Waals surface area contributed by atoms with Crippen LogP contribution in [0.3, 0.4) is 0 Å². The second-order valence-corrected chi connectivity index (χ2v) is 9.95. The van der Waals surface area contributed by atoms with Crippen LogP contribution in [-0.4, -0.2) is 53.3 Å². The van der Waals surface area contributed by atoms with Gasteiger partial charge in [0.2, 0.25) is 23.6 Å². The number of Topliss-reactive ketones (excluding diaryl/α,β-unsaturated/α-hetero) is 2. The van der Waals surface area contributed by atoms with Gasteiger partial charge in [-0.25, -0.2) is 0 Å². The molecule has 0 aromatic carbocycles. The highest BCUT2D eigenvalue weighted by Gasteiger charge is 2.55. The zero-order valence-electron chi connectivity index (χ0n) is 18.6. The summed E-state index contributed by atoms with van der Waals surface area (Å²) in [6.07, 6.45) is 3.48. The number of rotatable bonds is 5. The lowest BCUT2D eigenvalue weighted by atomic mass is 9.75. The lowest BCUT2D eigenvalue weighted by Gasteiger charge is -2.29. The number of fused-ring (bicyclic) bond motifs is 2. The third kappa shape index (κ3) is 3.97. The minimum Gasteiger partial charge on any atom is -0.339 e. The molecule has 4 fully saturated rings. The fourth-order valence-corrected chi connectivity index (χ4v) is 6.12. The molecule has 3 aliphatic carbocycles.